The molecule has 0 bridgehead atoms. The van der Waals surface area contributed by atoms with Gasteiger partial charge >= 0.3 is 0 Å². The molecule has 0 saturated heterocycles. The minimum absolute atomic E-state index is 0.166. The first-order chi connectivity index (χ1) is 9.77. The van der Waals surface area contributed by atoms with Crippen molar-refractivity contribution in [1.29, 1.82) is 0 Å². The van der Waals surface area contributed by atoms with Gasteiger partial charge in [0.1, 0.15) is 0 Å². The van der Waals surface area contributed by atoms with Gasteiger partial charge in [-0.1, -0.05) is 67.9 Å². The fourth-order valence-electron chi connectivity index (χ4n) is 2.52. The molecule has 20 heavy (non-hydrogen) atoms. The minimum Gasteiger partial charge on any atom is -0.306 e. The maximum Gasteiger partial charge on any atom is 0.0594 e. The van der Waals surface area contributed by atoms with Crippen LogP contribution >= 0.6 is 11.6 Å². The fourth-order valence-corrected chi connectivity index (χ4v) is 2.77. The smallest absolute Gasteiger partial charge is 0.0594 e. The summed E-state index contributed by atoms with van der Waals surface area (Å²) < 4.78 is 0. The molecule has 0 fully saturated rings. The molecule has 1 atom stereocenters. The number of hydrogen-bond acceptors (Lipinski definition) is 1. The Morgan fingerprint density at radius 3 is 2.25 bits per heavy atom. The van der Waals surface area contributed by atoms with Crippen molar-refractivity contribution in [2.75, 3.05) is 6.54 Å². The largest absolute Gasteiger partial charge is 0.306 e. The van der Waals surface area contributed by atoms with Crippen LogP contribution < -0.4 is 5.32 Å². The highest BCUT2D eigenvalue weighted by Crippen LogP contribution is 2.30. The SMILES string of the molecule is CCCNC(c1ccccc1Cl)c1ccccc1CC. The number of aryl methyl sites for hydroxylation is 1. The van der Waals surface area contributed by atoms with Crippen molar-refractivity contribution in [2.24, 2.45) is 0 Å². The fraction of sp³-hybridized carbons (Fsp3) is 0.333. The molecule has 1 nitrogen and oxygen atoms in total. The van der Waals surface area contributed by atoms with E-state index in [1.165, 1.54) is 11.1 Å². The molecule has 1 unspecified atom stereocenters. The molecule has 0 aliphatic carbocycles. The Morgan fingerprint density at radius 1 is 0.950 bits per heavy atom. The molecule has 1 N–H and O–H groups in total. The van der Waals surface area contributed by atoms with Gasteiger partial charge in [-0.3, -0.25) is 0 Å². The Kier molecular flexibility index (Phi) is 5.63. The second kappa shape index (κ2) is 7.47. The van der Waals surface area contributed by atoms with Crippen molar-refractivity contribution >= 4 is 11.6 Å². The molecule has 0 spiro atoms. The van der Waals surface area contributed by atoms with Gasteiger partial charge in [0.2, 0.25) is 0 Å². The average molecular weight is 288 g/mol. The maximum atomic E-state index is 6.40. The second-order valence-corrected chi connectivity index (χ2v) is 5.37. The molecular weight excluding hydrogens is 266 g/mol. The van der Waals surface area contributed by atoms with E-state index in [1.807, 2.05) is 12.1 Å². The summed E-state index contributed by atoms with van der Waals surface area (Å²) in [6, 6.07) is 16.9. The van der Waals surface area contributed by atoms with Crippen LogP contribution in [-0.4, -0.2) is 6.54 Å². The van der Waals surface area contributed by atoms with Gasteiger partial charge in [0.05, 0.1) is 6.04 Å². The molecular formula is C18H22ClN. The summed E-state index contributed by atoms with van der Waals surface area (Å²) in [6.07, 6.45) is 2.14. The van der Waals surface area contributed by atoms with Gasteiger partial charge in [0, 0.05) is 5.02 Å². The second-order valence-electron chi connectivity index (χ2n) is 4.96. The number of benzene rings is 2. The van der Waals surface area contributed by atoms with E-state index in [4.69, 9.17) is 11.6 Å². The van der Waals surface area contributed by atoms with E-state index in [9.17, 15) is 0 Å². The molecule has 0 aliphatic heterocycles. The topological polar surface area (TPSA) is 12.0 Å². The van der Waals surface area contributed by atoms with E-state index in [-0.39, 0.29) is 6.04 Å². The Balaban J connectivity index is 2.44. The summed E-state index contributed by atoms with van der Waals surface area (Å²) in [6.45, 7) is 5.36. The summed E-state index contributed by atoms with van der Waals surface area (Å²) in [5.74, 6) is 0. The van der Waals surface area contributed by atoms with Gasteiger partial charge in [-0.15, -0.1) is 0 Å². The van der Waals surface area contributed by atoms with E-state index >= 15 is 0 Å². The van der Waals surface area contributed by atoms with Crippen molar-refractivity contribution in [1.82, 2.24) is 5.32 Å². The van der Waals surface area contributed by atoms with Gasteiger partial charge in [-0.2, -0.15) is 0 Å². The predicted octanol–water partition coefficient (Wildman–Crippen LogP) is 4.99. The van der Waals surface area contributed by atoms with Crippen LogP contribution in [0.5, 0.6) is 0 Å². The standard InChI is InChI=1S/C18H22ClN/c1-3-13-20-18(16-11-7-8-12-17(16)19)15-10-6-5-9-14(15)4-2/h5-12,18,20H,3-4,13H2,1-2H3. The van der Waals surface area contributed by atoms with Crippen LogP contribution in [-0.2, 0) is 6.42 Å². The molecule has 0 amide bonds. The molecule has 0 saturated carbocycles. The van der Waals surface area contributed by atoms with E-state index in [1.54, 1.807) is 0 Å². The highest BCUT2D eigenvalue weighted by Gasteiger charge is 2.18. The monoisotopic (exact) mass is 287 g/mol. The van der Waals surface area contributed by atoms with Crippen molar-refractivity contribution in [3.63, 3.8) is 0 Å². The van der Waals surface area contributed by atoms with E-state index in [2.05, 4.69) is 55.6 Å². The van der Waals surface area contributed by atoms with Gasteiger partial charge in [0.25, 0.3) is 0 Å². The van der Waals surface area contributed by atoms with E-state index < -0.39 is 0 Å². The first-order valence-electron chi connectivity index (χ1n) is 7.33. The highest BCUT2D eigenvalue weighted by atomic mass is 35.5. The lowest BCUT2D eigenvalue weighted by Gasteiger charge is -2.23. The summed E-state index contributed by atoms with van der Waals surface area (Å²) in [7, 11) is 0. The van der Waals surface area contributed by atoms with Crippen LogP contribution in [0.25, 0.3) is 0 Å². The molecule has 106 valence electrons. The van der Waals surface area contributed by atoms with Crippen LogP contribution in [0.15, 0.2) is 48.5 Å². The quantitative estimate of drug-likeness (QED) is 0.789. The zero-order valence-electron chi connectivity index (χ0n) is 12.2. The summed E-state index contributed by atoms with van der Waals surface area (Å²) in [5.41, 5.74) is 3.86. The molecule has 2 aromatic rings. The van der Waals surface area contributed by atoms with Crippen LogP contribution in [0.4, 0.5) is 0 Å². The minimum atomic E-state index is 0.166. The van der Waals surface area contributed by atoms with E-state index in [0.717, 1.165) is 30.0 Å². The Morgan fingerprint density at radius 2 is 1.60 bits per heavy atom. The average Bonchev–Trinajstić information content (AvgIpc) is 2.49. The van der Waals surface area contributed by atoms with Crippen LogP contribution in [0.1, 0.15) is 43.0 Å². The third-order valence-electron chi connectivity index (χ3n) is 3.56. The van der Waals surface area contributed by atoms with Gasteiger partial charge in [-0.05, 0) is 42.1 Å². The molecule has 2 rings (SSSR count). The third-order valence-corrected chi connectivity index (χ3v) is 3.91. The van der Waals surface area contributed by atoms with Crippen molar-refractivity contribution < 1.29 is 0 Å². The van der Waals surface area contributed by atoms with Crippen LogP contribution in [0.3, 0.4) is 0 Å². The van der Waals surface area contributed by atoms with Gasteiger partial charge < -0.3 is 5.32 Å². The third kappa shape index (κ3) is 3.41. The zero-order valence-corrected chi connectivity index (χ0v) is 13.0. The van der Waals surface area contributed by atoms with Crippen molar-refractivity contribution in [3.05, 3.63) is 70.2 Å². The number of halogens is 1. The lowest BCUT2D eigenvalue weighted by Crippen LogP contribution is -2.24. The lowest BCUT2D eigenvalue weighted by molar-refractivity contribution is 0.595. The Hall–Kier alpha value is -1.31. The summed E-state index contributed by atoms with van der Waals surface area (Å²) in [5, 5.41) is 4.46. The van der Waals surface area contributed by atoms with Gasteiger partial charge in [-0.25, -0.2) is 0 Å². The Labute approximate surface area is 127 Å². The van der Waals surface area contributed by atoms with Crippen LogP contribution in [0.2, 0.25) is 5.02 Å². The zero-order chi connectivity index (χ0) is 14.4. The van der Waals surface area contributed by atoms with E-state index in [0.29, 0.717) is 0 Å². The first-order valence-corrected chi connectivity index (χ1v) is 7.71. The van der Waals surface area contributed by atoms with Crippen LogP contribution in [0, 0.1) is 0 Å². The molecule has 0 heterocycles. The normalized spacial score (nSPS) is 12.3. The van der Waals surface area contributed by atoms with Crippen molar-refractivity contribution in [3.8, 4) is 0 Å². The number of nitrogens with one attached hydrogen (secondary N) is 1. The number of hydrogen-bond donors (Lipinski definition) is 1. The van der Waals surface area contributed by atoms with Gasteiger partial charge in [0.15, 0.2) is 0 Å². The summed E-state index contributed by atoms with van der Waals surface area (Å²) >= 11 is 6.40. The van der Waals surface area contributed by atoms with Crippen molar-refractivity contribution in [2.45, 2.75) is 32.7 Å². The molecule has 2 aromatic carbocycles. The molecule has 2 heteroatoms. The molecule has 0 aliphatic rings. The highest BCUT2D eigenvalue weighted by molar-refractivity contribution is 6.31. The molecule has 0 radical (unpaired) electrons. The number of rotatable bonds is 6. The first kappa shape index (κ1) is 15.1. The predicted molar refractivity (Wildman–Crippen MR) is 87.4 cm³/mol. The maximum absolute atomic E-state index is 6.40. The Bertz CT molecular complexity index is 551. The molecule has 0 aromatic heterocycles. The lowest BCUT2D eigenvalue weighted by atomic mass is 9.93. The summed E-state index contributed by atoms with van der Waals surface area (Å²) in [4.78, 5) is 0.